The van der Waals surface area contributed by atoms with Gasteiger partial charge >= 0.3 is 0 Å². The van der Waals surface area contributed by atoms with E-state index in [0.29, 0.717) is 5.54 Å². The topological polar surface area (TPSA) is 70.4 Å². The Balaban J connectivity index is 1.42. The molecule has 1 aromatic heterocycles. The van der Waals surface area contributed by atoms with Crippen LogP contribution in [0.3, 0.4) is 0 Å². The monoisotopic (exact) mass is 375 g/mol. The van der Waals surface area contributed by atoms with Gasteiger partial charge in [0, 0.05) is 32.2 Å². The number of hydrogen-bond acceptors (Lipinski definition) is 4. The van der Waals surface area contributed by atoms with Crippen molar-refractivity contribution in [2.45, 2.75) is 76.3 Å². The number of unbranched alkanes of at least 4 members (excludes halogenated alkanes) is 1. The Morgan fingerprint density at radius 3 is 2.37 bits per heavy atom. The van der Waals surface area contributed by atoms with Crippen LogP contribution in [0, 0.1) is 0 Å². The number of hydrogen-bond donors (Lipinski definition) is 2. The summed E-state index contributed by atoms with van der Waals surface area (Å²) in [4.78, 5) is 7.23. The molecule has 0 aromatic carbocycles. The first-order chi connectivity index (χ1) is 13.3. The Kier molecular flexibility index (Phi) is 7.93. The van der Waals surface area contributed by atoms with E-state index >= 15 is 0 Å². The summed E-state index contributed by atoms with van der Waals surface area (Å²) in [6.45, 7) is 5.48. The number of rotatable bonds is 8. The average molecular weight is 376 g/mol. The number of nitrogens with zero attached hydrogens (tertiary/aromatic N) is 5. The Bertz CT molecular complexity index is 543. The van der Waals surface area contributed by atoms with Crippen molar-refractivity contribution in [3.63, 3.8) is 0 Å². The van der Waals surface area contributed by atoms with E-state index in [9.17, 15) is 0 Å². The minimum Gasteiger partial charge on any atom is -0.356 e. The first-order valence-corrected chi connectivity index (χ1v) is 10.8. The Hall–Kier alpha value is -1.63. The number of likely N-dealkylation sites (tertiary alicyclic amines) is 1. The van der Waals surface area contributed by atoms with Gasteiger partial charge in [-0.3, -0.25) is 9.89 Å². The first kappa shape index (κ1) is 20.1. The van der Waals surface area contributed by atoms with Crippen molar-refractivity contribution in [3.05, 3.63) is 12.7 Å². The van der Waals surface area contributed by atoms with Crippen molar-refractivity contribution in [3.8, 4) is 0 Å². The SMILES string of the molecule is CN=C(NCCCCn1cnnc1)NCC1(N2CCCCC2)CCCCC1. The second kappa shape index (κ2) is 10.6. The van der Waals surface area contributed by atoms with Crippen LogP contribution in [0.25, 0.3) is 0 Å². The fourth-order valence-electron chi connectivity index (χ4n) is 4.62. The lowest BCUT2D eigenvalue weighted by atomic mass is 9.79. The molecule has 152 valence electrons. The van der Waals surface area contributed by atoms with Crippen LogP contribution in [0.2, 0.25) is 0 Å². The van der Waals surface area contributed by atoms with Crippen LogP contribution in [0.1, 0.15) is 64.2 Å². The highest BCUT2D eigenvalue weighted by Crippen LogP contribution is 2.35. The predicted octanol–water partition coefficient (Wildman–Crippen LogP) is 2.41. The third-order valence-corrected chi connectivity index (χ3v) is 6.22. The Morgan fingerprint density at radius 1 is 0.963 bits per heavy atom. The number of guanidine groups is 1. The molecule has 7 heteroatoms. The molecule has 2 aliphatic rings. The molecule has 0 radical (unpaired) electrons. The van der Waals surface area contributed by atoms with Gasteiger partial charge in [0.15, 0.2) is 5.96 Å². The maximum atomic E-state index is 4.45. The van der Waals surface area contributed by atoms with Crippen LogP contribution in [0.4, 0.5) is 0 Å². The Labute approximate surface area is 164 Å². The highest BCUT2D eigenvalue weighted by Gasteiger charge is 2.38. The molecule has 1 saturated heterocycles. The van der Waals surface area contributed by atoms with Gasteiger partial charge in [-0.05, 0) is 51.6 Å². The van der Waals surface area contributed by atoms with Crippen LogP contribution in [0.15, 0.2) is 17.6 Å². The lowest BCUT2D eigenvalue weighted by molar-refractivity contribution is 0.0368. The van der Waals surface area contributed by atoms with Gasteiger partial charge in [-0.2, -0.15) is 0 Å². The van der Waals surface area contributed by atoms with E-state index in [2.05, 4.69) is 30.7 Å². The molecule has 27 heavy (non-hydrogen) atoms. The summed E-state index contributed by atoms with van der Waals surface area (Å²) in [6, 6.07) is 0. The summed E-state index contributed by atoms with van der Waals surface area (Å²) in [7, 11) is 1.88. The number of aromatic nitrogens is 3. The van der Waals surface area contributed by atoms with Gasteiger partial charge in [-0.25, -0.2) is 0 Å². The van der Waals surface area contributed by atoms with Crippen molar-refractivity contribution in [2.24, 2.45) is 4.99 Å². The van der Waals surface area contributed by atoms with Gasteiger partial charge < -0.3 is 15.2 Å². The van der Waals surface area contributed by atoms with Crippen LogP contribution in [-0.4, -0.2) is 64.4 Å². The molecule has 1 aliphatic carbocycles. The molecule has 1 aliphatic heterocycles. The molecule has 3 rings (SSSR count). The van der Waals surface area contributed by atoms with Gasteiger partial charge in [0.05, 0.1) is 0 Å². The van der Waals surface area contributed by atoms with Gasteiger partial charge in [0.1, 0.15) is 12.7 Å². The van der Waals surface area contributed by atoms with Gasteiger partial charge in [0.2, 0.25) is 0 Å². The van der Waals surface area contributed by atoms with E-state index < -0.39 is 0 Å². The lowest BCUT2D eigenvalue weighted by Crippen LogP contribution is -2.59. The number of nitrogens with one attached hydrogen (secondary N) is 2. The zero-order chi connectivity index (χ0) is 18.8. The number of aryl methyl sites for hydroxylation is 1. The normalized spacial score (nSPS) is 21.1. The second-order valence-electron chi connectivity index (χ2n) is 8.09. The number of piperidine rings is 1. The molecule has 0 amide bonds. The smallest absolute Gasteiger partial charge is 0.191 e. The highest BCUT2D eigenvalue weighted by molar-refractivity contribution is 5.79. The quantitative estimate of drug-likeness (QED) is 0.415. The molecule has 1 saturated carbocycles. The molecule has 1 aromatic rings. The van der Waals surface area contributed by atoms with E-state index in [-0.39, 0.29) is 0 Å². The lowest BCUT2D eigenvalue weighted by Gasteiger charge is -2.48. The first-order valence-electron chi connectivity index (χ1n) is 10.8. The summed E-state index contributed by atoms with van der Waals surface area (Å²) in [5.41, 5.74) is 0.338. The zero-order valence-electron chi connectivity index (χ0n) is 17.0. The molecule has 2 fully saturated rings. The molecule has 0 bridgehead atoms. The largest absolute Gasteiger partial charge is 0.356 e. The molecular weight excluding hydrogens is 338 g/mol. The molecule has 0 atom stereocenters. The summed E-state index contributed by atoms with van der Waals surface area (Å²) in [6.07, 6.45) is 16.7. The van der Waals surface area contributed by atoms with Crippen LogP contribution < -0.4 is 10.6 Å². The summed E-state index contributed by atoms with van der Waals surface area (Å²) in [5.74, 6) is 0.946. The second-order valence-corrected chi connectivity index (χ2v) is 8.09. The summed E-state index contributed by atoms with van der Waals surface area (Å²) in [5, 5.41) is 14.8. The number of aliphatic imine (C=N–C) groups is 1. The average Bonchev–Trinajstić information content (AvgIpc) is 3.25. The molecule has 2 N–H and O–H groups in total. The zero-order valence-corrected chi connectivity index (χ0v) is 17.0. The summed E-state index contributed by atoms with van der Waals surface area (Å²) < 4.78 is 2.03. The standard InChI is InChI=1S/C20H37N7/c1-21-19(22-12-6-9-13-26-17-24-25-18-26)23-16-20(10-4-2-5-11-20)27-14-7-3-8-15-27/h17-18H,2-16H2,1H3,(H2,21,22,23). The van der Waals surface area contributed by atoms with Crippen molar-refractivity contribution >= 4 is 5.96 Å². The maximum absolute atomic E-state index is 4.45. The van der Waals surface area contributed by atoms with Gasteiger partial charge in [-0.1, -0.05) is 25.7 Å². The van der Waals surface area contributed by atoms with Crippen LogP contribution >= 0.6 is 0 Å². The maximum Gasteiger partial charge on any atom is 0.191 e. The molecule has 2 heterocycles. The molecular formula is C20H37N7. The molecule has 0 spiro atoms. The van der Waals surface area contributed by atoms with Crippen molar-refractivity contribution in [1.29, 1.82) is 0 Å². The molecule has 7 nitrogen and oxygen atoms in total. The van der Waals surface area contributed by atoms with Crippen molar-refractivity contribution in [2.75, 3.05) is 33.2 Å². The minimum absolute atomic E-state index is 0.338. The third-order valence-electron chi connectivity index (χ3n) is 6.22. The fourth-order valence-corrected chi connectivity index (χ4v) is 4.62. The minimum atomic E-state index is 0.338. The van der Waals surface area contributed by atoms with E-state index in [0.717, 1.165) is 38.4 Å². The highest BCUT2D eigenvalue weighted by atomic mass is 15.3. The summed E-state index contributed by atoms with van der Waals surface area (Å²) >= 11 is 0. The third kappa shape index (κ3) is 5.92. The van der Waals surface area contributed by atoms with Gasteiger partial charge in [0.25, 0.3) is 0 Å². The van der Waals surface area contributed by atoms with E-state index in [1.807, 2.05) is 11.6 Å². The molecule has 0 unspecified atom stereocenters. The van der Waals surface area contributed by atoms with E-state index in [1.165, 1.54) is 64.5 Å². The van der Waals surface area contributed by atoms with Crippen LogP contribution in [-0.2, 0) is 6.54 Å². The van der Waals surface area contributed by atoms with Gasteiger partial charge in [-0.15, -0.1) is 10.2 Å². The predicted molar refractivity (Wildman–Crippen MR) is 110 cm³/mol. The fraction of sp³-hybridized carbons (Fsp3) is 0.850. The van der Waals surface area contributed by atoms with E-state index in [4.69, 9.17) is 0 Å². The Morgan fingerprint density at radius 2 is 1.67 bits per heavy atom. The van der Waals surface area contributed by atoms with Crippen molar-refractivity contribution in [1.82, 2.24) is 30.3 Å². The van der Waals surface area contributed by atoms with Crippen molar-refractivity contribution < 1.29 is 0 Å². The van der Waals surface area contributed by atoms with Crippen LogP contribution in [0.5, 0.6) is 0 Å². The van der Waals surface area contributed by atoms with E-state index in [1.54, 1.807) is 12.7 Å².